The van der Waals surface area contributed by atoms with Crippen molar-refractivity contribution in [1.82, 2.24) is 0 Å². The molecule has 3 aromatic carbocycles. The van der Waals surface area contributed by atoms with Gasteiger partial charge in [-0.25, -0.2) is 0 Å². The lowest BCUT2D eigenvalue weighted by molar-refractivity contribution is -0.133. The second kappa shape index (κ2) is 8.53. The van der Waals surface area contributed by atoms with Gasteiger partial charge >= 0.3 is 11.8 Å². The zero-order valence-electron chi connectivity index (χ0n) is 14.6. The van der Waals surface area contributed by atoms with Gasteiger partial charge in [-0.05, 0) is 48.5 Å². The molecule has 2 amide bonds. The van der Waals surface area contributed by atoms with Crippen LogP contribution in [-0.2, 0) is 9.59 Å². The molecular weight excluding hydrogens is 344 g/mol. The summed E-state index contributed by atoms with van der Waals surface area (Å²) in [4.78, 5) is 24.4. The lowest BCUT2D eigenvalue weighted by Crippen LogP contribution is -2.29. The monoisotopic (exact) mass is 362 g/mol. The first-order valence-electron chi connectivity index (χ1n) is 8.24. The summed E-state index contributed by atoms with van der Waals surface area (Å²) >= 11 is 0. The smallest absolute Gasteiger partial charge is 0.314 e. The van der Waals surface area contributed by atoms with Crippen molar-refractivity contribution in [2.24, 2.45) is 0 Å². The number of ether oxygens (including phenoxy) is 2. The number of hydrogen-bond acceptors (Lipinski definition) is 4. The molecule has 6 heteroatoms. The summed E-state index contributed by atoms with van der Waals surface area (Å²) in [6, 6.07) is 22.8. The normalized spacial score (nSPS) is 9.96. The average Bonchev–Trinajstić information content (AvgIpc) is 2.71. The fourth-order valence-electron chi connectivity index (χ4n) is 2.32. The van der Waals surface area contributed by atoms with Crippen molar-refractivity contribution in [1.29, 1.82) is 0 Å². The summed E-state index contributed by atoms with van der Waals surface area (Å²) in [6.07, 6.45) is 0. The Morgan fingerprint density at radius 1 is 0.704 bits per heavy atom. The quantitative estimate of drug-likeness (QED) is 0.671. The third kappa shape index (κ3) is 4.85. The van der Waals surface area contributed by atoms with Crippen molar-refractivity contribution in [2.45, 2.75) is 0 Å². The number of rotatable bonds is 5. The summed E-state index contributed by atoms with van der Waals surface area (Å²) in [5.74, 6) is 0.144. The second-order valence-corrected chi connectivity index (χ2v) is 5.55. The van der Waals surface area contributed by atoms with Gasteiger partial charge in [-0.3, -0.25) is 9.59 Å². The first-order chi connectivity index (χ1) is 13.2. The van der Waals surface area contributed by atoms with E-state index in [0.717, 1.165) is 0 Å². The molecule has 0 fully saturated rings. The molecule has 27 heavy (non-hydrogen) atoms. The Morgan fingerprint density at radius 3 is 2.04 bits per heavy atom. The molecule has 3 aromatic rings. The molecular formula is C21H18N2O4. The Hall–Kier alpha value is -3.80. The lowest BCUT2D eigenvalue weighted by atomic mass is 10.2. The Balaban J connectivity index is 1.67. The molecule has 0 radical (unpaired) electrons. The number of anilines is 2. The average molecular weight is 362 g/mol. The van der Waals surface area contributed by atoms with Crippen LogP contribution >= 0.6 is 0 Å². The lowest BCUT2D eigenvalue weighted by Gasteiger charge is -2.12. The topological polar surface area (TPSA) is 76.7 Å². The Bertz CT molecular complexity index is 924. The maximum atomic E-state index is 12.2. The molecule has 136 valence electrons. The molecule has 0 aliphatic rings. The number of amides is 2. The molecule has 0 aliphatic heterocycles. The Kier molecular flexibility index (Phi) is 5.69. The molecule has 0 spiro atoms. The number of carbonyl (C=O) groups is 2. The summed E-state index contributed by atoms with van der Waals surface area (Å²) in [7, 11) is 1.55. The predicted molar refractivity (Wildman–Crippen MR) is 103 cm³/mol. The van der Waals surface area contributed by atoms with Crippen molar-refractivity contribution in [2.75, 3.05) is 17.7 Å². The number of para-hydroxylation sites is 3. The maximum absolute atomic E-state index is 12.2. The zero-order chi connectivity index (χ0) is 19.1. The van der Waals surface area contributed by atoms with E-state index in [1.807, 2.05) is 18.2 Å². The highest BCUT2D eigenvalue weighted by Crippen LogP contribution is 2.29. The number of nitrogens with one attached hydrogen (secondary N) is 2. The van der Waals surface area contributed by atoms with Crippen LogP contribution < -0.4 is 20.1 Å². The van der Waals surface area contributed by atoms with Gasteiger partial charge in [-0.1, -0.05) is 30.3 Å². The van der Waals surface area contributed by atoms with Crippen LogP contribution in [0.1, 0.15) is 0 Å². The maximum Gasteiger partial charge on any atom is 0.314 e. The van der Waals surface area contributed by atoms with E-state index >= 15 is 0 Å². The molecule has 0 aliphatic carbocycles. The third-order valence-electron chi connectivity index (χ3n) is 3.66. The summed E-state index contributed by atoms with van der Waals surface area (Å²) in [5.41, 5.74) is 0.890. The molecule has 6 nitrogen and oxygen atoms in total. The van der Waals surface area contributed by atoms with Crippen molar-refractivity contribution in [3.05, 3.63) is 78.9 Å². The molecule has 0 saturated carbocycles. The molecule has 0 bridgehead atoms. The second-order valence-electron chi connectivity index (χ2n) is 5.55. The van der Waals surface area contributed by atoms with E-state index in [1.54, 1.807) is 67.8 Å². The summed E-state index contributed by atoms with van der Waals surface area (Å²) in [6.45, 7) is 0. The van der Waals surface area contributed by atoms with Crippen LogP contribution in [0, 0.1) is 0 Å². The predicted octanol–water partition coefficient (Wildman–Crippen LogP) is 4.06. The molecule has 2 N–H and O–H groups in total. The highest BCUT2D eigenvalue weighted by atomic mass is 16.5. The number of hydrogen-bond donors (Lipinski definition) is 2. The fraction of sp³-hybridized carbons (Fsp3) is 0.0476. The van der Waals surface area contributed by atoms with E-state index in [1.165, 1.54) is 0 Å². The number of benzene rings is 3. The fourth-order valence-corrected chi connectivity index (χ4v) is 2.32. The van der Waals surface area contributed by atoms with Gasteiger partial charge in [0.05, 0.1) is 12.8 Å². The van der Waals surface area contributed by atoms with E-state index < -0.39 is 11.8 Å². The van der Waals surface area contributed by atoms with Crippen molar-refractivity contribution in [3.8, 4) is 17.2 Å². The van der Waals surface area contributed by atoms with Gasteiger partial charge in [0.15, 0.2) is 5.75 Å². The molecule has 0 atom stereocenters. The van der Waals surface area contributed by atoms with E-state index in [4.69, 9.17) is 9.47 Å². The first-order valence-corrected chi connectivity index (χ1v) is 8.24. The van der Waals surface area contributed by atoms with Crippen LogP contribution in [0.15, 0.2) is 78.9 Å². The molecule has 0 unspecified atom stereocenters. The van der Waals surface area contributed by atoms with Gasteiger partial charge in [0, 0.05) is 5.69 Å². The van der Waals surface area contributed by atoms with Gasteiger partial charge in [-0.2, -0.15) is 0 Å². The molecule has 0 saturated heterocycles. The highest BCUT2D eigenvalue weighted by molar-refractivity contribution is 6.43. The minimum atomic E-state index is -0.796. The van der Waals surface area contributed by atoms with E-state index in [9.17, 15) is 9.59 Å². The largest absolute Gasteiger partial charge is 0.497 e. The van der Waals surface area contributed by atoms with Crippen LogP contribution in [0.2, 0.25) is 0 Å². The summed E-state index contributed by atoms with van der Waals surface area (Å²) < 4.78 is 10.8. The Labute approximate surface area is 156 Å². The zero-order valence-corrected chi connectivity index (χ0v) is 14.6. The molecule has 3 rings (SSSR count). The van der Waals surface area contributed by atoms with Crippen LogP contribution in [-0.4, -0.2) is 18.9 Å². The van der Waals surface area contributed by atoms with E-state index in [0.29, 0.717) is 28.6 Å². The van der Waals surface area contributed by atoms with Crippen LogP contribution in [0.4, 0.5) is 11.4 Å². The van der Waals surface area contributed by atoms with Gasteiger partial charge in [-0.15, -0.1) is 0 Å². The number of carbonyl (C=O) groups excluding carboxylic acids is 2. The standard InChI is InChI=1S/C21H18N2O4/c1-26-16-13-11-15(12-14-16)22-20(24)21(25)23-18-9-5-6-10-19(18)27-17-7-3-2-4-8-17/h2-14H,1H3,(H,22,24)(H,23,25). The van der Waals surface area contributed by atoms with Gasteiger partial charge < -0.3 is 20.1 Å². The van der Waals surface area contributed by atoms with Crippen molar-refractivity contribution in [3.63, 3.8) is 0 Å². The summed E-state index contributed by atoms with van der Waals surface area (Å²) in [5, 5.41) is 5.11. The van der Waals surface area contributed by atoms with E-state index in [-0.39, 0.29) is 0 Å². The Morgan fingerprint density at radius 2 is 1.33 bits per heavy atom. The SMILES string of the molecule is COc1ccc(NC(=O)C(=O)Nc2ccccc2Oc2ccccc2)cc1. The minimum absolute atomic E-state index is 0.399. The van der Waals surface area contributed by atoms with Gasteiger partial charge in [0.1, 0.15) is 11.5 Å². The van der Waals surface area contributed by atoms with Gasteiger partial charge in [0.2, 0.25) is 0 Å². The van der Waals surface area contributed by atoms with Crippen molar-refractivity contribution < 1.29 is 19.1 Å². The molecule has 0 aromatic heterocycles. The first kappa shape index (κ1) is 18.0. The number of methoxy groups -OCH3 is 1. The van der Waals surface area contributed by atoms with E-state index in [2.05, 4.69) is 10.6 Å². The molecule has 0 heterocycles. The van der Waals surface area contributed by atoms with Crippen LogP contribution in [0.25, 0.3) is 0 Å². The van der Waals surface area contributed by atoms with Gasteiger partial charge in [0.25, 0.3) is 0 Å². The van der Waals surface area contributed by atoms with Crippen LogP contribution in [0.5, 0.6) is 17.2 Å². The third-order valence-corrected chi connectivity index (χ3v) is 3.66. The van der Waals surface area contributed by atoms with Crippen molar-refractivity contribution >= 4 is 23.2 Å². The highest BCUT2D eigenvalue weighted by Gasteiger charge is 2.16. The van der Waals surface area contributed by atoms with Crippen LogP contribution in [0.3, 0.4) is 0 Å². The minimum Gasteiger partial charge on any atom is -0.497 e.